The summed E-state index contributed by atoms with van der Waals surface area (Å²) >= 11 is 5.07. The third-order valence-corrected chi connectivity index (χ3v) is 5.53. The molecule has 0 radical (unpaired) electrons. The molecule has 4 rings (SSSR count). The fraction of sp³-hybridized carbons (Fsp3) is 0.500. The first-order valence-corrected chi connectivity index (χ1v) is 7.81. The minimum absolute atomic E-state index is 0.411. The van der Waals surface area contributed by atoms with Gasteiger partial charge in [0, 0.05) is 21.9 Å². The van der Waals surface area contributed by atoms with E-state index in [1.54, 1.807) is 11.3 Å². The van der Waals surface area contributed by atoms with Crippen LogP contribution in [-0.2, 0) is 0 Å². The Morgan fingerprint density at radius 2 is 2.39 bits per heavy atom. The van der Waals surface area contributed by atoms with Crippen LogP contribution in [0.2, 0.25) is 0 Å². The Balaban J connectivity index is 1.62. The lowest BCUT2D eigenvalue weighted by Gasteiger charge is -2.15. The van der Waals surface area contributed by atoms with Crippen molar-refractivity contribution in [3.8, 4) is 10.7 Å². The number of halogens is 1. The van der Waals surface area contributed by atoms with Crippen molar-refractivity contribution in [2.45, 2.75) is 37.3 Å². The van der Waals surface area contributed by atoms with Crippen LogP contribution in [0.3, 0.4) is 0 Å². The van der Waals surface area contributed by atoms with Crippen LogP contribution in [-0.4, -0.2) is 22.2 Å². The Kier molecular flexibility index (Phi) is 2.56. The Labute approximate surface area is 117 Å². The van der Waals surface area contributed by atoms with Gasteiger partial charge in [-0.15, -0.1) is 11.3 Å². The molecule has 2 aromatic heterocycles. The molecule has 2 aliphatic rings. The highest BCUT2D eigenvalue weighted by Gasteiger charge is 2.42. The number of nitrogens with zero attached hydrogens (tertiary/aromatic N) is 2. The monoisotopic (exact) mass is 325 g/mol. The Morgan fingerprint density at radius 3 is 3.06 bits per heavy atom. The highest BCUT2D eigenvalue weighted by molar-refractivity contribution is 9.10. The van der Waals surface area contributed by atoms with E-state index < -0.39 is 0 Å². The van der Waals surface area contributed by atoms with Crippen molar-refractivity contribution in [2.75, 3.05) is 0 Å². The summed E-state index contributed by atoms with van der Waals surface area (Å²) in [5, 5.41) is 9.73. The zero-order chi connectivity index (χ0) is 12.1. The largest absolute Gasteiger partial charge is 0.339 e. The Morgan fingerprint density at radius 1 is 1.44 bits per heavy atom. The van der Waals surface area contributed by atoms with Gasteiger partial charge in [0.15, 0.2) is 0 Å². The molecule has 0 amide bonds. The molecule has 2 aromatic rings. The lowest BCUT2D eigenvalue weighted by Crippen LogP contribution is -2.21. The van der Waals surface area contributed by atoms with E-state index in [4.69, 9.17) is 4.52 Å². The van der Waals surface area contributed by atoms with Gasteiger partial charge in [0.1, 0.15) is 0 Å². The Bertz CT molecular complexity index is 581. The van der Waals surface area contributed by atoms with Crippen molar-refractivity contribution < 1.29 is 4.52 Å². The zero-order valence-corrected chi connectivity index (χ0v) is 12.0. The molecule has 2 fully saturated rings. The van der Waals surface area contributed by atoms with Crippen molar-refractivity contribution in [1.82, 2.24) is 15.5 Å². The molecule has 94 valence electrons. The van der Waals surface area contributed by atoms with Gasteiger partial charge in [0.25, 0.3) is 0 Å². The number of nitrogens with one attached hydrogen (secondary N) is 1. The maximum atomic E-state index is 5.46. The first-order valence-electron chi connectivity index (χ1n) is 6.13. The summed E-state index contributed by atoms with van der Waals surface area (Å²) in [6.45, 7) is 0. The van der Waals surface area contributed by atoms with Gasteiger partial charge in [-0.25, -0.2) is 0 Å². The summed E-state index contributed by atoms with van der Waals surface area (Å²) in [5.41, 5.74) is 0. The lowest BCUT2D eigenvalue weighted by atomic mass is 9.89. The maximum absolute atomic E-state index is 5.46. The number of rotatable bonds is 2. The molecule has 0 spiro atoms. The van der Waals surface area contributed by atoms with Gasteiger partial charge >= 0.3 is 0 Å². The van der Waals surface area contributed by atoms with Gasteiger partial charge in [-0.2, -0.15) is 4.98 Å². The van der Waals surface area contributed by atoms with E-state index >= 15 is 0 Å². The van der Waals surface area contributed by atoms with E-state index in [1.165, 1.54) is 12.8 Å². The number of thiophene rings is 1. The van der Waals surface area contributed by atoms with Gasteiger partial charge in [-0.3, -0.25) is 0 Å². The minimum Gasteiger partial charge on any atom is -0.339 e. The molecule has 0 aliphatic carbocycles. The molecule has 0 aromatic carbocycles. The van der Waals surface area contributed by atoms with Gasteiger partial charge in [-0.1, -0.05) is 5.16 Å². The predicted octanol–water partition coefficient (Wildman–Crippen LogP) is 3.17. The highest BCUT2D eigenvalue weighted by atomic mass is 79.9. The van der Waals surface area contributed by atoms with Crippen LogP contribution in [0.15, 0.2) is 20.4 Å². The summed E-state index contributed by atoms with van der Waals surface area (Å²) in [4.78, 5) is 5.62. The SMILES string of the molecule is Brc1csc(-c2noc(C3CC4CCC3N4)n2)c1. The van der Waals surface area contributed by atoms with Crippen LogP contribution in [0, 0.1) is 0 Å². The summed E-state index contributed by atoms with van der Waals surface area (Å²) in [5.74, 6) is 1.92. The molecular weight excluding hydrogens is 314 g/mol. The first kappa shape index (κ1) is 11.1. The van der Waals surface area contributed by atoms with Gasteiger partial charge in [0.05, 0.1) is 10.8 Å². The van der Waals surface area contributed by atoms with E-state index in [0.717, 1.165) is 21.7 Å². The number of fused-ring (bicyclic) bond motifs is 2. The molecule has 4 heterocycles. The summed E-state index contributed by atoms with van der Waals surface area (Å²) < 4.78 is 6.52. The summed E-state index contributed by atoms with van der Waals surface area (Å²) in [6, 6.07) is 3.22. The third-order valence-electron chi connectivity index (χ3n) is 3.85. The molecule has 3 unspecified atom stereocenters. The van der Waals surface area contributed by atoms with E-state index in [1.807, 2.05) is 11.4 Å². The van der Waals surface area contributed by atoms with Crippen molar-refractivity contribution in [2.24, 2.45) is 0 Å². The highest BCUT2D eigenvalue weighted by Crippen LogP contribution is 2.40. The molecule has 1 N–H and O–H groups in total. The standard InChI is InChI=1S/C12H12BrN3OS/c13-6-3-10(18-5-6)11-15-12(17-16-11)8-4-7-1-2-9(8)14-7/h3,5,7-9,14H,1-2,4H2. The van der Waals surface area contributed by atoms with Crippen LogP contribution in [0.4, 0.5) is 0 Å². The average Bonchev–Trinajstić information content (AvgIpc) is 3.12. The molecule has 2 aliphatic heterocycles. The molecule has 2 saturated heterocycles. The van der Waals surface area contributed by atoms with E-state index in [9.17, 15) is 0 Å². The quantitative estimate of drug-likeness (QED) is 0.921. The fourth-order valence-corrected chi connectivity index (χ4v) is 4.37. The molecule has 3 atom stereocenters. The van der Waals surface area contributed by atoms with Crippen LogP contribution >= 0.6 is 27.3 Å². The number of aromatic nitrogens is 2. The van der Waals surface area contributed by atoms with Crippen molar-refractivity contribution in [3.63, 3.8) is 0 Å². The van der Waals surface area contributed by atoms with Gasteiger partial charge < -0.3 is 9.84 Å². The van der Waals surface area contributed by atoms with Crippen LogP contribution in [0.1, 0.15) is 31.1 Å². The summed E-state index contributed by atoms with van der Waals surface area (Å²) in [6.07, 6.45) is 3.66. The maximum Gasteiger partial charge on any atom is 0.231 e. The van der Waals surface area contributed by atoms with Crippen molar-refractivity contribution in [3.05, 3.63) is 21.8 Å². The lowest BCUT2D eigenvalue weighted by molar-refractivity contribution is 0.330. The van der Waals surface area contributed by atoms with E-state index in [0.29, 0.717) is 23.8 Å². The normalized spacial score (nSPS) is 30.2. The third kappa shape index (κ3) is 1.74. The topological polar surface area (TPSA) is 51.0 Å². The van der Waals surface area contributed by atoms with Crippen molar-refractivity contribution in [1.29, 1.82) is 0 Å². The second kappa shape index (κ2) is 4.15. The molecular formula is C12H12BrN3OS. The summed E-state index contributed by atoms with van der Waals surface area (Å²) in [7, 11) is 0. The van der Waals surface area contributed by atoms with Gasteiger partial charge in [-0.05, 0) is 41.3 Å². The molecule has 18 heavy (non-hydrogen) atoms. The average molecular weight is 326 g/mol. The fourth-order valence-electron chi connectivity index (χ4n) is 3.01. The Hall–Kier alpha value is -0.720. The predicted molar refractivity (Wildman–Crippen MR) is 72.6 cm³/mol. The van der Waals surface area contributed by atoms with Gasteiger partial charge in [0.2, 0.25) is 11.7 Å². The number of hydrogen-bond acceptors (Lipinski definition) is 5. The second-order valence-electron chi connectivity index (χ2n) is 4.98. The van der Waals surface area contributed by atoms with Crippen LogP contribution < -0.4 is 5.32 Å². The molecule has 4 nitrogen and oxygen atoms in total. The molecule has 2 bridgehead atoms. The molecule has 6 heteroatoms. The van der Waals surface area contributed by atoms with E-state index in [2.05, 4.69) is 31.4 Å². The zero-order valence-electron chi connectivity index (χ0n) is 9.60. The first-order chi connectivity index (χ1) is 8.79. The van der Waals surface area contributed by atoms with Crippen LogP contribution in [0.25, 0.3) is 10.7 Å². The number of hydrogen-bond donors (Lipinski definition) is 1. The van der Waals surface area contributed by atoms with E-state index in [-0.39, 0.29) is 0 Å². The van der Waals surface area contributed by atoms with Crippen molar-refractivity contribution >= 4 is 27.3 Å². The minimum atomic E-state index is 0.411. The molecule has 0 saturated carbocycles. The van der Waals surface area contributed by atoms with Crippen LogP contribution in [0.5, 0.6) is 0 Å². The smallest absolute Gasteiger partial charge is 0.231 e. The second-order valence-corrected chi connectivity index (χ2v) is 6.80.